The Bertz CT molecular complexity index is 211. The van der Waals surface area contributed by atoms with Crippen molar-refractivity contribution in [3.8, 4) is 0 Å². The van der Waals surface area contributed by atoms with Gasteiger partial charge in [0.05, 0.1) is 12.5 Å². The van der Waals surface area contributed by atoms with Crippen molar-refractivity contribution in [2.75, 3.05) is 6.61 Å². The van der Waals surface area contributed by atoms with E-state index in [4.69, 9.17) is 4.74 Å². The molecule has 1 atom stereocenters. The Morgan fingerprint density at radius 3 is 1.95 bits per heavy atom. The smallest absolute Gasteiger partial charge is 0.308 e. The molecule has 0 aliphatic rings. The van der Waals surface area contributed by atoms with Gasteiger partial charge in [-0.15, -0.1) is 0 Å². The standard InChI is InChI=1S/C17H34O2/c1-5-6-7-8-9-10-11-12-13-19-17(18)16(4)14-15(2)3/h15-16H,5-14H2,1-4H3. The topological polar surface area (TPSA) is 26.3 Å². The van der Waals surface area contributed by atoms with E-state index in [9.17, 15) is 4.79 Å². The molecule has 0 radical (unpaired) electrons. The van der Waals surface area contributed by atoms with Gasteiger partial charge in [0.1, 0.15) is 0 Å². The number of carbonyl (C=O) groups excluding carboxylic acids is 1. The van der Waals surface area contributed by atoms with Crippen LogP contribution < -0.4 is 0 Å². The summed E-state index contributed by atoms with van der Waals surface area (Å²) in [4.78, 5) is 11.7. The van der Waals surface area contributed by atoms with E-state index < -0.39 is 0 Å². The molecule has 2 heteroatoms. The minimum Gasteiger partial charge on any atom is -0.465 e. The number of ether oxygens (including phenoxy) is 1. The molecule has 0 aromatic rings. The molecule has 0 heterocycles. The average Bonchev–Trinajstić information content (AvgIpc) is 2.35. The molecule has 114 valence electrons. The van der Waals surface area contributed by atoms with Crippen LogP contribution in [0, 0.1) is 11.8 Å². The van der Waals surface area contributed by atoms with Crippen molar-refractivity contribution in [2.45, 2.75) is 85.5 Å². The Balaban J connectivity index is 3.32. The lowest BCUT2D eigenvalue weighted by atomic mass is 9.99. The predicted molar refractivity (Wildman–Crippen MR) is 82.2 cm³/mol. The molecule has 19 heavy (non-hydrogen) atoms. The summed E-state index contributed by atoms with van der Waals surface area (Å²) in [6, 6.07) is 0. The summed E-state index contributed by atoms with van der Waals surface area (Å²) in [7, 11) is 0. The Morgan fingerprint density at radius 2 is 1.42 bits per heavy atom. The Kier molecular flexibility index (Phi) is 12.2. The number of hydrogen-bond donors (Lipinski definition) is 0. The van der Waals surface area contributed by atoms with Gasteiger partial charge in [0, 0.05) is 0 Å². The first-order valence-corrected chi connectivity index (χ1v) is 8.24. The molecule has 1 unspecified atom stereocenters. The Hall–Kier alpha value is -0.530. The minimum atomic E-state index is -0.0170. The molecule has 0 bridgehead atoms. The molecule has 0 aliphatic carbocycles. The van der Waals surface area contributed by atoms with Gasteiger partial charge in [0.15, 0.2) is 0 Å². The fourth-order valence-corrected chi connectivity index (χ4v) is 2.35. The van der Waals surface area contributed by atoms with E-state index in [0.717, 1.165) is 12.8 Å². The molecule has 2 nitrogen and oxygen atoms in total. The summed E-state index contributed by atoms with van der Waals surface area (Å²) >= 11 is 0. The Morgan fingerprint density at radius 1 is 0.895 bits per heavy atom. The molecule has 0 rings (SSSR count). The summed E-state index contributed by atoms with van der Waals surface area (Å²) in [5.74, 6) is 0.594. The number of carbonyl (C=O) groups is 1. The first-order chi connectivity index (χ1) is 9.07. The van der Waals surface area contributed by atoms with Gasteiger partial charge in [-0.2, -0.15) is 0 Å². The Labute approximate surface area is 120 Å². The highest BCUT2D eigenvalue weighted by atomic mass is 16.5. The molecular weight excluding hydrogens is 236 g/mol. The highest BCUT2D eigenvalue weighted by molar-refractivity contribution is 5.71. The zero-order valence-corrected chi connectivity index (χ0v) is 13.5. The van der Waals surface area contributed by atoms with Crippen molar-refractivity contribution in [3.63, 3.8) is 0 Å². The van der Waals surface area contributed by atoms with Crippen LogP contribution in [0.1, 0.15) is 85.5 Å². The predicted octanol–water partition coefficient (Wildman–Crippen LogP) is 5.35. The third-order valence-corrected chi connectivity index (χ3v) is 3.47. The lowest BCUT2D eigenvalue weighted by Crippen LogP contribution is -2.17. The van der Waals surface area contributed by atoms with Crippen molar-refractivity contribution >= 4 is 5.97 Å². The fraction of sp³-hybridized carbons (Fsp3) is 0.941. The second-order valence-electron chi connectivity index (χ2n) is 6.17. The summed E-state index contributed by atoms with van der Waals surface area (Å²) in [6.45, 7) is 9.10. The maximum absolute atomic E-state index is 11.7. The second kappa shape index (κ2) is 12.5. The number of esters is 1. The van der Waals surface area contributed by atoms with E-state index in [-0.39, 0.29) is 11.9 Å². The van der Waals surface area contributed by atoms with Gasteiger partial charge in [0.25, 0.3) is 0 Å². The maximum atomic E-state index is 11.7. The van der Waals surface area contributed by atoms with Gasteiger partial charge < -0.3 is 4.74 Å². The quantitative estimate of drug-likeness (QED) is 0.353. The van der Waals surface area contributed by atoms with Crippen LogP contribution in [0.15, 0.2) is 0 Å². The van der Waals surface area contributed by atoms with E-state index in [1.807, 2.05) is 6.92 Å². The highest BCUT2D eigenvalue weighted by Gasteiger charge is 2.15. The first kappa shape index (κ1) is 18.5. The maximum Gasteiger partial charge on any atom is 0.308 e. The molecule has 0 aromatic carbocycles. The minimum absolute atomic E-state index is 0.0170. The normalized spacial score (nSPS) is 12.7. The van der Waals surface area contributed by atoms with Crippen molar-refractivity contribution in [1.82, 2.24) is 0 Å². The van der Waals surface area contributed by atoms with Crippen LogP contribution in [0.3, 0.4) is 0 Å². The lowest BCUT2D eigenvalue weighted by Gasteiger charge is -2.13. The summed E-state index contributed by atoms with van der Waals surface area (Å²) in [5.41, 5.74) is 0. The zero-order valence-electron chi connectivity index (χ0n) is 13.5. The van der Waals surface area contributed by atoms with E-state index in [1.54, 1.807) is 0 Å². The van der Waals surface area contributed by atoms with E-state index >= 15 is 0 Å². The van der Waals surface area contributed by atoms with Crippen LogP contribution >= 0.6 is 0 Å². The van der Waals surface area contributed by atoms with Crippen LogP contribution in [-0.4, -0.2) is 12.6 Å². The number of hydrogen-bond acceptors (Lipinski definition) is 2. The third kappa shape index (κ3) is 12.3. The average molecular weight is 270 g/mol. The van der Waals surface area contributed by atoms with Gasteiger partial charge in [-0.25, -0.2) is 0 Å². The van der Waals surface area contributed by atoms with Crippen molar-refractivity contribution < 1.29 is 9.53 Å². The number of rotatable bonds is 12. The molecule has 0 spiro atoms. The highest BCUT2D eigenvalue weighted by Crippen LogP contribution is 2.13. The summed E-state index contributed by atoms with van der Waals surface area (Å²) in [5, 5.41) is 0. The van der Waals surface area contributed by atoms with Crippen molar-refractivity contribution in [2.24, 2.45) is 11.8 Å². The molecule has 0 aliphatic heterocycles. The SMILES string of the molecule is CCCCCCCCCCOC(=O)C(C)CC(C)C. The van der Waals surface area contributed by atoms with Gasteiger partial charge in [-0.3, -0.25) is 4.79 Å². The van der Waals surface area contributed by atoms with Crippen LogP contribution in [0.2, 0.25) is 0 Å². The lowest BCUT2D eigenvalue weighted by molar-refractivity contribution is -0.148. The molecule has 0 fully saturated rings. The third-order valence-electron chi connectivity index (χ3n) is 3.47. The molecule has 0 aromatic heterocycles. The van der Waals surface area contributed by atoms with Crippen LogP contribution in [0.5, 0.6) is 0 Å². The fourth-order valence-electron chi connectivity index (χ4n) is 2.35. The van der Waals surface area contributed by atoms with Gasteiger partial charge >= 0.3 is 5.97 Å². The van der Waals surface area contributed by atoms with Crippen molar-refractivity contribution in [1.29, 1.82) is 0 Å². The van der Waals surface area contributed by atoms with E-state index in [0.29, 0.717) is 12.5 Å². The summed E-state index contributed by atoms with van der Waals surface area (Å²) in [6.07, 6.45) is 11.2. The monoisotopic (exact) mass is 270 g/mol. The van der Waals surface area contributed by atoms with Crippen LogP contribution in [-0.2, 0) is 9.53 Å². The van der Waals surface area contributed by atoms with Crippen molar-refractivity contribution in [3.05, 3.63) is 0 Å². The number of unbranched alkanes of at least 4 members (excludes halogenated alkanes) is 7. The largest absolute Gasteiger partial charge is 0.465 e. The van der Waals surface area contributed by atoms with Gasteiger partial charge in [-0.05, 0) is 18.8 Å². The second-order valence-corrected chi connectivity index (χ2v) is 6.17. The summed E-state index contributed by atoms with van der Waals surface area (Å²) < 4.78 is 5.31. The van der Waals surface area contributed by atoms with E-state index in [2.05, 4.69) is 20.8 Å². The molecule has 0 saturated carbocycles. The molecule has 0 N–H and O–H groups in total. The van der Waals surface area contributed by atoms with Crippen LogP contribution in [0.4, 0.5) is 0 Å². The van der Waals surface area contributed by atoms with E-state index in [1.165, 1.54) is 44.9 Å². The zero-order chi connectivity index (χ0) is 14.5. The van der Waals surface area contributed by atoms with Gasteiger partial charge in [0.2, 0.25) is 0 Å². The van der Waals surface area contributed by atoms with Crippen LogP contribution in [0.25, 0.3) is 0 Å². The molecule has 0 saturated heterocycles. The first-order valence-electron chi connectivity index (χ1n) is 8.24. The molecular formula is C17H34O2. The van der Waals surface area contributed by atoms with Gasteiger partial charge in [-0.1, -0.05) is 72.6 Å². The molecule has 0 amide bonds.